The molecule has 1 fully saturated rings. The highest BCUT2D eigenvalue weighted by Gasteiger charge is 2.23. The van der Waals surface area contributed by atoms with E-state index < -0.39 is 0 Å². The molecule has 0 radical (unpaired) electrons. The third-order valence-electron chi connectivity index (χ3n) is 4.14. The summed E-state index contributed by atoms with van der Waals surface area (Å²) in [5, 5.41) is 0. The van der Waals surface area contributed by atoms with Gasteiger partial charge in [-0.25, -0.2) is 0 Å². The Hall–Kier alpha value is -0.860. The molecule has 1 aromatic rings. The minimum absolute atomic E-state index is 0.139. The monoisotopic (exact) mass is 232 g/mol. The standard InChI is InChI=1S/C15H24N2/c1-11-7-8-13(9-12(11)2)15(16)10-17(3)14-5-4-6-14/h7-9,14-15H,4-6,10,16H2,1-3H3. The van der Waals surface area contributed by atoms with Crippen LogP contribution in [0.3, 0.4) is 0 Å². The molecule has 0 saturated heterocycles. The van der Waals surface area contributed by atoms with E-state index in [1.54, 1.807) is 0 Å². The molecule has 2 rings (SSSR count). The summed E-state index contributed by atoms with van der Waals surface area (Å²) in [6, 6.07) is 7.48. The molecule has 1 aliphatic rings. The Labute approximate surface area is 105 Å². The van der Waals surface area contributed by atoms with E-state index in [9.17, 15) is 0 Å². The zero-order chi connectivity index (χ0) is 12.4. The predicted molar refractivity (Wildman–Crippen MR) is 73.1 cm³/mol. The molecule has 1 atom stereocenters. The van der Waals surface area contributed by atoms with Gasteiger partial charge < -0.3 is 10.6 Å². The van der Waals surface area contributed by atoms with Crippen molar-refractivity contribution in [3.63, 3.8) is 0 Å². The third kappa shape index (κ3) is 2.88. The first-order valence-electron chi connectivity index (χ1n) is 6.61. The van der Waals surface area contributed by atoms with Crippen LogP contribution >= 0.6 is 0 Å². The van der Waals surface area contributed by atoms with E-state index in [-0.39, 0.29) is 6.04 Å². The molecule has 0 heterocycles. The summed E-state index contributed by atoms with van der Waals surface area (Å²) in [6.07, 6.45) is 4.07. The number of aryl methyl sites for hydroxylation is 2. The van der Waals surface area contributed by atoms with Crippen molar-refractivity contribution in [3.8, 4) is 0 Å². The quantitative estimate of drug-likeness (QED) is 0.865. The van der Waals surface area contributed by atoms with Gasteiger partial charge in [0.1, 0.15) is 0 Å². The van der Waals surface area contributed by atoms with Crippen LogP contribution in [-0.2, 0) is 0 Å². The van der Waals surface area contributed by atoms with Crippen LogP contribution in [0.25, 0.3) is 0 Å². The Balaban J connectivity index is 1.98. The number of hydrogen-bond acceptors (Lipinski definition) is 2. The lowest BCUT2D eigenvalue weighted by Gasteiger charge is -2.36. The average molecular weight is 232 g/mol. The van der Waals surface area contributed by atoms with Crippen molar-refractivity contribution in [3.05, 3.63) is 34.9 Å². The zero-order valence-corrected chi connectivity index (χ0v) is 11.2. The van der Waals surface area contributed by atoms with Crippen LogP contribution in [0.4, 0.5) is 0 Å². The van der Waals surface area contributed by atoms with Crippen molar-refractivity contribution in [1.29, 1.82) is 0 Å². The molecule has 0 bridgehead atoms. The molecule has 0 amide bonds. The van der Waals surface area contributed by atoms with Crippen molar-refractivity contribution >= 4 is 0 Å². The summed E-state index contributed by atoms with van der Waals surface area (Å²) in [7, 11) is 2.20. The highest BCUT2D eigenvalue weighted by molar-refractivity contribution is 5.31. The van der Waals surface area contributed by atoms with Crippen LogP contribution in [0.2, 0.25) is 0 Å². The van der Waals surface area contributed by atoms with Gasteiger partial charge >= 0.3 is 0 Å². The lowest BCUT2D eigenvalue weighted by atomic mass is 9.91. The second-order valence-corrected chi connectivity index (χ2v) is 5.47. The number of nitrogens with zero attached hydrogens (tertiary/aromatic N) is 1. The van der Waals surface area contributed by atoms with E-state index in [0.717, 1.165) is 12.6 Å². The predicted octanol–water partition coefficient (Wildman–Crippen LogP) is 2.79. The van der Waals surface area contributed by atoms with Crippen molar-refractivity contribution in [2.45, 2.75) is 45.2 Å². The zero-order valence-electron chi connectivity index (χ0n) is 11.2. The van der Waals surface area contributed by atoms with E-state index in [1.165, 1.54) is 36.0 Å². The Bertz CT molecular complexity index is 383. The minimum atomic E-state index is 0.139. The lowest BCUT2D eigenvalue weighted by molar-refractivity contribution is 0.152. The van der Waals surface area contributed by atoms with Crippen LogP contribution in [0.15, 0.2) is 18.2 Å². The van der Waals surface area contributed by atoms with Crippen molar-refractivity contribution < 1.29 is 0 Å². The van der Waals surface area contributed by atoms with E-state index >= 15 is 0 Å². The van der Waals surface area contributed by atoms with E-state index in [4.69, 9.17) is 5.73 Å². The van der Waals surface area contributed by atoms with Crippen LogP contribution in [-0.4, -0.2) is 24.5 Å². The van der Waals surface area contributed by atoms with Crippen molar-refractivity contribution in [1.82, 2.24) is 4.90 Å². The van der Waals surface area contributed by atoms with Gasteiger partial charge in [0, 0.05) is 18.6 Å². The van der Waals surface area contributed by atoms with Crippen LogP contribution < -0.4 is 5.73 Å². The van der Waals surface area contributed by atoms with Crippen LogP contribution in [0, 0.1) is 13.8 Å². The number of rotatable bonds is 4. The van der Waals surface area contributed by atoms with Gasteiger partial charge in [-0.05, 0) is 50.4 Å². The summed E-state index contributed by atoms with van der Waals surface area (Å²) >= 11 is 0. The molecule has 1 saturated carbocycles. The number of hydrogen-bond donors (Lipinski definition) is 1. The van der Waals surface area contributed by atoms with E-state index in [2.05, 4.69) is 44.0 Å². The van der Waals surface area contributed by atoms with Crippen molar-refractivity contribution in [2.75, 3.05) is 13.6 Å². The topological polar surface area (TPSA) is 29.3 Å². The second kappa shape index (κ2) is 5.19. The SMILES string of the molecule is Cc1ccc(C(N)CN(C)C2CCC2)cc1C. The Morgan fingerprint density at radius 2 is 2.00 bits per heavy atom. The summed E-state index contributed by atoms with van der Waals surface area (Å²) < 4.78 is 0. The number of nitrogens with two attached hydrogens (primary N) is 1. The summed E-state index contributed by atoms with van der Waals surface area (Å²) in [4.78, 5) is 2.42. The Morgan fingerprint density at radius 3 is 2.53 bits per heavy atom. The number of benzene rings is 1. The minimum Gasteiger partial charge on any atom is -0.323 e. The van der Waals surface area contributed by atoms with Gasteiger partial charge in [0.25, 0.3) is 0 Å². The van der Waals surface area contributed by atoms with Gasteiger partial charge in [-0.1, -0.05) is 24.6 Å². The molecule has 0 spiro atoms. The van der Waals surface area contributed by atoms with E-state index in [0.29, 0.717) is 0 Å². The van der Waals surface area contributed by atoms with Crippen molar-refractivity contribution in [2.24, 2.45) is 5.73 Å². The van der Waals surface area contributed by atoms with Crippen LogP contribution in [0.1, 0.15) is 42.0 Å². The fraction of sp³-hybridized carbons (Fsp3) is 0.600. The first-order valence-corrected chi connectivity index (χ1v) is 6.61. The fourth-order valence-corrected chi connectivity index (χ4v) is 2.39. The first kappa shape index (κ1) is 12.6. The summed E-state index contributed by atoms with van der Waals surface area (Å²) in [5.41, 5.74) is 10.2. The van der Waals surface area contributed by atoms with Gasteiger partial charge in [-0.2, -0.15) is 0 Å². The lowest BCUT2D eigenvalue weighted by Crippen LogP contribution is -2.41. The molecular weight excluding hydrogens is 208 g/mol. The molecule has 0 aliphatic heterocycles. The normalized spacial score (nSPS) is 18.2. The third-order valence-corrected chi connectivity index (χ3v) is 4.14. The van der Waals surface area contributed by atoms with Gasteiger partial charge in [0.2, 0.25) is 0 Å². The maximum Gasteiger partial charge on any atom is 0.0424 e. The fourth-order valence-electron chi connectivity index (χ4n) is 2.39. The summed E-state index contributed by atoms with van der Waals surface area (Å²) in [5.74, 6) is 0. The molecule has 2 N–H and O–H groups in total. The van der Waals surface area contributed by atoms with Gasteiger partial charge in [0.05, 0.1) is 0 Å². The molecule has 17 heavy (non-hydrogen) atoms. The molecule has 2 heteroatoms. The molecule has 1 unspecified atom stereocenters. The number of likely N-dealkylation sites (N-methyl/N-ethyl adjacent to an activating group) is 1. The van der Waals surface area contributed by atoms with Gasteiger partial charge in [0.15, 0.2) is 0 Å². The largest absolute Gasteiger partial charge is 0.323 e. The maximum absolute atomic E-state index is 6.29. The molecule has 0 aromatic heterocycles. The summed E-state index contributed by atoms with van der Waals surface area (Å²) in [6.45, 7) is 5.26. The molecule has 1 aromatic carbocycles. The molecule has 94 valence electrons. The average Bonchev–Trinajstić information content (AvgIpc) is 2.19. The Morgan fingerprint density at radius 1 is 1.29 bits per heavy atom. The first-order chi connectivity index (χ1) is 8.08. The van der Waals surface area contributed by atoms with Crippen LogP contribution in [0.5, 0.6) is 0 Å². The molecule has 2 nitrogen and oxygen atoms in total. The van der Waals surface area contributed by atoms with E-state index in [1.807, 2.05) is 0 Å². The van der Waals surface area contributed by atoms with Gasteiger partial charge in [-0.15, -0.1) is 0 Å². The molecular formula is C15H24N2. The second-order valence-electron chi connectivity index (χ2n) is 5.47. The highest BCUT2D eigenvalue weighted by atomic mass is 15.1. The maximum atomic E-state index is 6.29. The highest BCUT2D eigenvalue weighted by Crippen LogP contribution is 2.25. The Kier molecular flexibility index (Phi) is 3.85. The molecule has 1 aliphatic carbocycles. The van der Waals surface area contributed by atoms with Gasteiger partial charge in [-0.3, -0.25) is 0 Å². The smallest absolute Gasteiger partial charge is 0.0424 e.